The number of hydrogen-bond donors (Lipinski definition) is 1. The molecule has 0 aliphatic carbocycles. The summed E-state index contributed by atoms with van der Waals surface area (Å²) < 4.78 is 5.44. The fraction of sp³-hybridized carbons (Fsp3) is 0.625. The molecule has 0 radical (unpaired) electrons. The Balaban J connectivity index is 2.29. The maximum Gasteiger partial charge on any atom is 0.0575 e. The maximum absolute atomic E-state index is 6.02. The van der Waals surface area contributed by atoms with Crippen LogP contribution in [0.5, 0.6) is 0 Å². The van der Waals surface area contributed by atoms with Gasteiger partial charge < -0.3 is 15.4 Å². The first-order chi connectivity index (χ1) is 9.00. The first kappa shape index (κ1) is 14.5. The van der Waals surface area contributed by atoms with Crippen LogP contribution in [0.3, 0.4) is 0 Å². The first-order valence-electron chi connectivity index (χ1n) is 7.04. The summed E-state index contributed by atoms with van der Waals surface area (Å²) in [5.41, 5.74) is 8.81. The standard InChI is InChI=1S/C16H26N2O/c1-12(2)13-5-7-14(8-6-13)15(18(3)4)16(9-17)10-19-11-16/h5-8,12,15H,9-11,17H2,1-4H3. The van der Waals surface area contributed by atoms with Gasteiger partial charge >= 0.3 is 0 Å². The molecule has 1 unspecified atom stereocenters. The van der Waals surface area contributed by atoms with Crippen LogP contribution in [0.1, 0.15) is 36.9 Å². The minimum atomic E-state index is 0.0723. The zero-order valence-electron chi connectivity index (χ0n) is 12.5. The molecule has 0 spiro atoms. The van der Waals surface area contributed by atoms with Gasteiger partial charge in [-0.1, -0.05) is 38.1 Å². The summed E-state index contributed by atoms with van der Waals surface area (Å²) in [6.07, 6.45) is 0. The van der Waals surface area contributed by atoms with Crippen LogP contribution in [-0.4, -0.2) is 38.8 Å². The Morgan fingerprint density at radius 2 is 1.68 bits per heavy atom. The van der Waals surface area contributed by atoms with Crippen molar-refractivity contribution in [2.45, 2.75) is 25.8 Å². The molecule has 1 fully saturated rings. The summed E-state index contributed by atoms with van der Waals surface area (Å²) in [5.74, 6) is 0.572. The van der Waals surface area contributed by atoms with E-state index < -0.39 is 0 Å². The van der Waals surface area contributed by atoms with Crippen LogP contribution in [-0.2, 0) is 4.74 Å². The molecule has 0 saturated carbocycles. The minimum absolute atomic E-state index is 0.0723. The van der Waals surface area contributed by atoms with Crippen molar-refractivity contribution in [3.05, 3.63) is 35.4 Å². The van der Waals surface area contributed by atoms with Crippen molar-refractivity contribution in [3.8, 4) is 0 Å². The van der Waals surface area contributed by atoms with Gasteiger partial charge in [0.2, 0.25) is 0 Å². The van der Waals surface area contributed by atoms with Crippen LogP contribution >= 0.6 is 0 Å². The maximum atomic E-state index is 6.02. The van der Waals surface area contributed by atoms with E-state index in [0.29, 0.717) is 18.5 Å². The summed E-state index contributed by atoms with van der Waals surface area (Å²) in [4.78, 5) is 2.26. The summed E-state index contributed by atoms with van der Waals surface area (Å²) in [5, 5.41) is 0. The number of nitrogens with two attached hydrogens (primary N) is 1. The lowest BCUT2D eigenvalue weighted by Gasteiger charge is -2.49. The Morgan fingerprint density at radius 1 is 1.16 bits per heavy atom. The summed E-state index contributed by atoms with van der Waals surface area (Å²) >= 11 is 0. The second kappa shape index (κ2) is 5.61. The van der Waals surface area contributed by atoms with E-state index in [1.807, 2.05) is 0 Å². The minimum Gasteiger partial charge on any atom is -0.380 e. The Bertz CT molecular complexity index is 402. The monoisotopic (exact) mass is 262 g/mol. The molecule has 1 heterocycles. The molecule has 106 valence electrons. The highest BCUT2D eigenvalue weighted by Crippen LogP contribution is 2.42. The topological polar surface area (TPSA) is 38.5 Å². The van der Waals surface area contributed by atoms with E-state index in [2.05, 4.69) is 57.1 Å². The Morgan fingerprint density at radius 3 is 2.00 bits per heavy atom. The van der Waals surface area contributed by atoms with Crippen LogP contribution in [0.15, 0.2) is 24.3 Å². The number of benzene rings is 1. The van der Waals surface area contributed by atoms with E-state index >= 15 is 0 Å². The predicted octanol–water partition coefficient (Wildman–Crippen LogP) is 2.39. The van der Waals surface area contributed by atoms with Crippen molar-refractivity contribution in [2.24, 2.45) is 11.1 Å². The number of ether oxygens (including phenoxy) is 1. The third-order valence-electron chi connectivity index (χ3n) is 4.20. The average molecular weight is 262 g/mol. The van der Waals surface area contributed by atoms with Gasteiger partial charge in [0.1, 0.15) is 0 Å². The van der Waals surface area contributed by atoms with Gasteiger partial charge in [0, 0.05) is 18.0 Å². The summed E-state index contributed by atoms with van der Waals surface area (Å²) in [7, 11) is 4.24. The van der Waals surface area contributed by atoms with Crippen molar-refractivity contribution >= 4 is 0 Å². The SMILES string of the molecule is CC(C)c1ccc(C(N(C)C)C2(CN)COC2)cc1. The van der Waals surface area contributed by atoms with Gasteiger partial charge in [0.25, 0.3) is 0 Å². The molecule has 1 aromatic rings. The third-order valence-corrected chi connectivity index (χ3v) is 4.20. The van der Waals surface area contributed by atoms with Crippen LogP contribution < -0.4 is 5.73 Å². The van der Waals surface area contributed by atoms with Gasteiger partial charge in [-0.25, -0.2) is 0 Å². The van der Waals surface area contributed by atoms with Gasteiger partial charge in [-0.2, -0.15) is 0 Å². The smallest absolute Gasteiger partial charge is 0.0575 e. The van der Waals surface area contributed by atoms with E-state index in [-0.39, 0.29) is 5.41 Å². The van der Waals surface area contributed by atoms with Crippen LogP contribution in [0.2, 0.25) is 0 Å². The predicted molar refractivity (Wildman–Crippen MR) is 79.3 cm³/mol. The number of hydrogen-bond acceptors (Lipinski definition) is 3. The van der Waals surface area contributed by atoms with Gasteiger partial charge in [-0.05, 0) is 31.1 Å². The molecule has 0 aromatic heterocycles. The molecule has 1 saturated heterocycles. The quantitative estimate of drug-likeness (QED) is 0.885. The van der Waals surface area contributed by atoms with Crippen molar-refractivity contribution < 1.29 is 4.74 Å². The van der Waals surface area contributed by atoms with Gasteiger partial charge in [-0.15, -0.1) is 0 Å². The Kier molecular flexibility index (Phi) is 4.29. The molecule has 1 aromatic carbocycles. The lowest BCUT2D eigenvalue weighted by Crippen LogP contribution is -2.55. The molecule has 3 heteroatoms. The zero-order valence-corrected chi connectivity index (χ0v) is 12.5. The van der Waals surface area contributed by atoms with Crippen molar-refractivity contribution in [2.75, 3.05) is 33.9 Å². The molecular formula is C16H26N2O. The van der Waals surface area contributed by atoms with Crippen LogP contribution in [0.25, 0.3) is 0 Å². The molecular weight excluding hydrogens is 236 g/mol. The normalized spacial score (nSPS) is 19.5. The van der Waals surface area contributed by atoms with Crippen molar-refractivity contribution in [3.63, 3.8) is 0 Å². The molecule has 1 aliphatic rings. The molecule has 0 amide bonds. The molecule has 1 atom stereocenters. The summed E-state index contributed by atoms with van der Waals surface area (Å²) in [6, 6.07) is 9.29. The molecule has 0 bridgehead atoms. The van der Waals surface area contributed by atoms with E-state index in [9.17, 15) is 0 Å². The van der Waals surface area contributed by atoms with Crippen LogP contribution in [0, 0.1) is 5.41 Å². The molecule has 19 heavy (non-hydrogen) atoms. The van der Waals surface area contributed by atoms with Crippen molar-refractivity contribution in [1.29, 1.82) is 0 Å². The lowest BCUT2D eigenvalue weighted by molar-refractivity contribution is -0.145. The van der Waals surface area contributed by atoms with E-state index in [4.69, 9.17) is 10.5 Å². The highest BCUT2D eigenvalue weighted by Gasteiger charge is 2.46. The number of nitrogens with zero attached hydrogens (tertiary/aromatic N) is 1. The van der Waals surface area contributed by atoms with Gasteiger partial charge in [0.15, 0.2) is 0 Å². The number of rotatable bonds is 5. The molecule has 3 nitrogen and oxygen atoms in total. The summed E-state index contributed by atoms with van der Waals surface area (Å²) in [6.45, 7) is 6.64. The lowest BCUT2D eigenvalue weighted by atomic mass is 9.74. The second-order valence-electron chi connectivity index (χ2n) is 6.25. The largest absolute Gasteiger partial charge is 0.380 e. The average Bonchev–Trinajstić information content (AvgIpc) is 2.33. The Hall–Kier alpha value is -0.900. The Labute approximate surface area is 116 Å². The third kappa shape index (κ3) is 2.69. The molecule has 1 aliphatic heterocycles. The van der Waals surface area contributed by atoms with Crippen molar-refractivity contribution in [1.82, 2.24) is 4.90 Å². The van der Waals surface area contributed by atoms with Crippen LogP contribution in [0.4, 0.5) is 0 Å². The fourth-order valence-corrected chi connectivity index (χ4v) is 3.01. The highest BCUT2D eigenvalue weighted by atomic mass is 16.5. The van der Waals surface area contributed by atoms with Gasteiger partial charge in [-0.3, -0.25) is 0 Å². The van der Waals surface area contributed by atoms with E-state index in [1.54, 1.807) is 0 Å². The van der Waals surface area contributed by atoms with E-state index in [0.717, 1.165) is 13.2 Å². The fourth-order valence-electron chi connectivity index (χ4n) is 3.01. The van der Waals surface area contributed by atoms with Gasteiger partial charge in [0.05, 0.1) is 13.2 Å². The first-order valence-corrected chi connectivity index (χ1v) is 7.04. The molecule has 2 rings (SSSR count). The second-order valence-corrected chi connectivity index (χ2v) is 6.25. The highest BCUT2D eigenvalue weighted by molar-refractivity contribution is 5.29. The molecule has 2 N–H and O–H groups in total. The van der Waals surface area contributed by atoms with E-state index in [1.165, 1.54) is 11.1 Å². The zero-order chi connectivity index (χ0) is 14.0.